The number of benzene rings is 1. The van der Waals surface area contributed by atoms with Crippen LogP contribution in [0.3, 0.4) is 0 Å². The van der Waals surface area contributed by atoms with Crippen LogP contribution in [0, 0.1) is 13.8 Å². The van der Waals surface area contributed by atoms with Crippen molar-refractivity contribution in [1.29, 1.82) is 0 Å². The molecule has 0 aliphatic carbocycles. The smallest absolute Gasteiger partial charge is 0.294 e. The van der Waals surface area contributed by atoms with Crippen LogP contribution in [0.2, 0.25) is 0 Å². The molecule has 0 aliphatic heterocycles. The average molecular weight is 245 g/mol. The Bertz CT molecular complexity index is 625. The van der Waals surface area contributed by atoms with Gasteiger partial charge in [-0.1, -0.05) is 12.1 Å². The Morgan fingerprint density at radius 2 is 1.93 bits per heavy atom. The van der Waals surface area contributed by atoms with Gasteiger partial charge in [-0.15, -0.1) is 0 Å². The van der Waals surface area contributed by atoms with E-state index in [9.17, 15) is 8.42 Å². The van der Waals surface area contributed by atoms with Crippen molar-refractivity contribution in [3.63, 3.8) is 0 Å². The van der Waals surface area contributed by atoms with E-state index < -0.39 is 9.05 Å². The minimum absolute atomic E-state index is 0.162. The fourth-order valence-electron chi connectivity index (χ4n) is 1.54. The molecule has 80 valence electrons. The summed E-state index contributed by atoms with van der Waals surface area (Å²) in [4.78, 5) is 0. The molecule has 0 radical (unpaired) electrons. The van der Waals surface area contributed by atoms with Crippen molar-refractivity contribution in [3.05, 3.63) is 29.3 Å². The van der Waals surface area contributed by atoms with Gasteiger partial charge in [-0.3, -0.25) is 0 Å². The number of hydrogen-bond acceptors (Lipinski definition) is 3. The monoisotopic (exact) mass is 244 g/mol. The standard InChI is InChI=1S/C10H9ClO3S/c1-6-3-4-8-7(2)10(15(11,12)13)14-9(8)5-6/h3-5H,1-2H3. The zero-order chi connectivity index (χ0) is 11.2. The number of aryl methyl sites for hydroxylation is 2. The fraction of sp³-hybridized carbons (Fsp3) is 0.200. The van der Waals surface area contributed by atoms with E-state index in [2.05, 4.69) is 0 Å². The summed E-state index contributed by atoms with van der Waals surface area (Å²) in [6, 6.07) is 5.51. The summed E-state index contributed by atoms with van der Waals surface area (Å²) in [5, 5.41) is 0.615. The van der Waals surface area contributed by atoms with Gasteiger partial charge in [0, 0.05) is 21.6 Å². The molecule has 0 atom stereocenters. The van der Waals surface area contributed by atoms with Gasteiger partial charge < -0.3 is 4.42 Å². The molecule has 2 rings (SSSR count). The Kier molecular flexibility index (Phi) is 2.28. The van der Waals surface area contributed by atoms with Crippen molar-refractivity contribution in [2.45, 2.75) is 18.9 Å². The third kappa shape index (κ3) is 1.75. The Morgan fingerprint density at radius 3 is 2.53 bits per heavy atom. The Morgan fingerprint density at radius 1 is 1.27 bits per heavy atom. The Balaban J connectivity index is 2.87. The molecule has 15 heavy (non-hydrogen) atoms. The first-order valence-electron chi connectivity index (χ1n) is 4.34. The summed E-state index contributed by atoms with van der Waals surface area (Å²) in [7, 11) is 1.45. The van der Waals surface area contributed by atoms with Crippen LogP contribution in [0.5, 0.6) is 0 Å². The minimum Gasteiger partial charge on any atom is -0.443 e. The second-order valence-electron chi connectivity index (χ2n) is 3.45. The minimum atomic E-state index is -3.80. The zero-order valence-electron chi connectivity index (χ0n) is 8.24. The first kappa shape index (κ1) is 10.5. The van der Waals surface area contributed by atoms with E-state index in [1.54, 1.807) is 13.0 Å². The first-order chi connectivity index (χ1) is 6.89. The first-order valence-corrected chi connectivity index (χ1v) is 6.65. The normalized spacial score (nSPS) is 12.2. The summed E-state index contributed by atoms with van der Waals surface area (Å²) in [6.07, 6.45) is 0. The third-order valence-electron chi connectivity index (χ3n) is 2.27. The van der Waals surface area contributed by atoms with Gasteiger partial charge in [0.1, 0.15) is 5.58 Å². The maximum Gasteiger partial charge on any atom is 0.294 e. The van der Waals surface area contributed by atoms with Crippen LogP contribution in [0.4, 0.5) is 0 Å². The molecular formula is C10H9ClO3S. The molecule has 1 aromatic heterocycles. The van der Waals surface area contributed by atoms with E-state index in [0.29, 0.717) is 11.1 Å². The molecule has 1 heterocycles. The predicted octanol–water partition coefficient (Wildman–Crippen LogP) is 2.98. The molecule has 0 N–H and O–H groups in total. The third-order valence-corrected chi connectivity index (χ3v) is 3.52. The van der Waals surface area contributed by atoms with Crippen molar-refractivity contribution >= 4 is 30.7 Å². The van der Waals surface area contributed by atoms with Crippen LogP contribution >= 0.6 is 10.7 Å². The largest absolute Gasteiger partial charge is 0.443 e. The van der Waals surface area contributed by atoms with Crippen molar-refractivity contribution in [2.75, 3.05) is 0 Å². The van der Waals surface area contributed by atoms with Crippen molar-refractivity contribution in [1.82, 2.24) is 0 Å². The Hall–Kier alpha value is -1.00. The van der Waals surface area contributed by atoms with Crippen LogP contribution in [0.25, 0.3) is 11.0 Å². The van der Waals surface area contributed by atoms with E-state index in [1.807, 2.05) is 19.1 Å². The van der Waals surface area contributed by atoms with Crippen LogP contribution < -0.4 is 0 Å². The molecule has 3 nitrogen and oxygen atoms in total. The highest BCUT2D eigenvalue weighted by molar-refractivity contribution is 8.13. The van der Waals surface area contributed by atoms with Gasteiger partial charge in [0.25, 0.3) is 9.05 Å². The molecule has 0 saturated heterocycles. The van der Waals surface area contributed by atoms with Gasteiger partial charge >= 0.3 is 0 Å². The second-order valence-corrected chi connectivity index (χ2v) is 5.92. The van der Waals surface area contributed by atoms with E-state index in [0.717, 1.165) is 10.9 Å². The molecule has 0 saturated carbocycles. The number of rotatable bonds is 1. The van der Waals surface area contributed by atoms with Crippen LogP contribution in [-0.4, -0.2) is 8.42 Å². The molecule has 2 aromatic rings. The average Bonchev–Trinajstić information content (AvgIpc) is 2.42. The number of hydrogen-bond donors (Lipinski definition) is 0. The molecule has 0 spiro atoms. The lowest BCUT2D eigenvalue weighted by Crippen LogP contribution is -1.89. The Labute approximate surface area is 92.1 Å². The maximum absolute atomic E-state index is 11.2. The van der Waals surface area contributed by atoms with Gasteiger partial charge in [0.05, 0.1) is 0 Å². The highest BCUT2D eigenvalue weighted by atomic mass is 35.7. The van der Waals surface area contributed by atoms with Crippen molar-refractivity contribution < 1.29 is 12.8 Å². The summed E-state index contributed by atoms with van der Waals surface area (Å²) >= 11 is 0. The molecule has 0 fully saturated rings. The van der Waals surface area contributed by atoms with Crippen molar-refractivity contribution in [3.8, 4) is 0 Å². The van der Waals surface area contributed by atoms with Gasteiger partial charge in [-0.25, -0.2) is 8.42 Å². The quantitative estimate of drug-likeness (QED) is 0.725. The number of fused-ring (bicyclic) bond motifs is 1. The topological polar surface area (TPSA) is 47.3 Å². The molecule has 0 aliphatic rings. The van der Waals surface area contributed by atoms with Gasteiger partial charge in [-0.05, 0) is 25.5 Å². The summed E-state index contributed by atoms with van der Waals surface area (Å²) in [5.74, 6) is 0. The fourth-order valence-corrected chi connectivity index (χ4v) is 2.65. The van der Waals surface area contributed by atoms with Gasteiger partial charge in [0.15, 0.2) is 0 Å². The molecule has 0 amide bonds. The lowest BCUT2D eigenvalue weighted by Gasteiger charge is -1.90. The molecule has 5 heteroatoms. The summed E-state index contributed by atoms with van der Waals surface area (Å²) < 4.78 is 27.6. The van der Waals surface area contributed by atoms with E-state index >= 15 is 0 Å². The van der Waals surface area contributed by atoms with E-state index in [-0.39, 0.29) is 5.09 Å². The molecule has 0 bridgehead atoms. The maximum atomic E-state index is 11.2. The number of halogens is 1. The lowest BCUT2D eigenvalue weighted by molar-refractivity contribution is 0.483. The molecule has 0 unspecified atom stereocenters. The molecular weight excluding hydrogens is 236 g/mol. The molecule has 1 aromatic carbocycles. The second kappa shape index (κ2) is 3.25. The summed E-state index contributed by atoms with van der Waals surface area (Å²) in [5.41, 5.74) is 2.11. The van der Waals surface area contributed by atoms with Crippen LogP contribution in [0.1, 0.15) is 11.1 Å². The van der Waals surface area contributed by atoms with E-state index in [4.69, 9.17) is 15.1 Å². The highest BCUT2D eigenvalue weighted by Gasteiger charge is 2.21. The highest BCUT2D eigenvalue weighted by Crippen LogP contribution is 2.30. The van der Waals surface area contributed by atoms with Crippen LogP contribution in [-0.2, 0) is 9.05 Å². The van der Waals surface area contributed by atoms with Gasteiger partial charge in [0.2, 0.25) is 5.09 Å². The lowest BCUT2D eigenvalue weighted by atomic mass is 10.1. The SMILES string of the molecule is Cc1ccc2c(C)c(S(=O)(=O)Cl)oc2c1. The van der Waals surface area contributed by atoms with Crippen LogP contribution in [0.15, 0.2) is 27.7 Å². The number of furan rings is 1. The summed E-state index contributed by atoms with van der Waals surface area (Å²) in [6.45, 7) is 3.59. The zero-order valence-corrected chi connectivity index (χ0v) is 9.82. The predicted molar refractivity (Wildman–Crippen MR) is 58.7 cm³/mol. The van der Waals surface area contributed by atoms with Crippen molar-refractivity contribution in [2.24, 2.45) is 0 Å². The van der Waals surface area contributed by atoms with E-state index in [1.165, 1.54) is 0 Å². The van der Waals surface area contributed by atoms with Gasteiger partial charge in [-0.2, -0.15) is 0 Å².